The minimum atomic E-state index is -4.39. The molecule has 5 nitrogen and oxygen atoms in total. The smallest absolute Gasteiger partial charge is 0.416 e. The Morgan fingerprint density at radius 2 is 1.57 bits per heavy atom. The fourth-order valence-corrected chi connectivity index (χ4v) is 4.57. The van der Waals surface area contributed by atoms with Gasteiger partial charge in [-0.2, -0.15) is 13.2 Å². The molecule has 3 rings (SSSR count). The Hall–Kier alpha value is -3.46. The van der Waals surface area contributed by atoms with Crippen LogP contribution in [0.4, 0.5) is 13.2 Å². The Kier molecular flexibility index (Phi) is 10.0. The zero-order valence-electron chi connectivity index (χ0n) is 20.6. The molecule has 0 N–H and O–H groups in total. The largest absolute Gasteiger partial charge is 0.484 e. The highest BCUT2D eigenvalue weighted by Crippen LogP contribution is 2.29. The van der Waals surface area contributed by atoms with Crippen molar-refractivity contribution in [1.82, 2.24) is 4.90 Å². The summed E-state index contributed by atoms with van der Waals surface area (Å²) in [6.45, 7) is 2.23. The van der Waals surface area contributed by atoms with Crippen molar-refractivity contribution in [2.75, 3.05) is 26.0 Å². The van der Waals surface area contributed by atoms with Crippen LogP contribution < -0.4 is 4.74 Å². The van der Waals surface area contributed by atoms with Crippen LogP contribution in [0.5, 0.6) is 5.75 Å². The highest BCUT2D eigenvalue weighted by molar-refractivity contribution is 7.99. The third kappa shape index (κ3) is 8.28. The second-order valence-electron chi connectivity index (χ2n) is 8.12. The summed E-state index contributed by atoms with van der Waals surface area (Å²) < 4.78 is 48.7. The molecule has 0 aromatic heterocycles. The number of carbonyl (C=O) groups is 2. The van der Waals surface area contributed by atoms with E-state index in [9.17, 15) is 22.8 Å². The van der Waals surface area contributed by atoms with Gasteiger partial charge in [-0.3, -0.25) is 4.79 Å². The number of rotatable bonds is 11. The number of carbonyl (C=O) groups excluding carboxylic acids is 2. The lowest BCUT2D eigenvalue weighted by Gasteiger charge is -2.21. The molecule has 0 saturated carbocycles. The van der Waals surface area contributed by atoms with Crippen LogP contribution >= 0.6 is 11.8 Å². The van der Waals surface area contributed by atoms with Crippen molar-refractivity contribution >= 4 is 23.6 Å². The molecule has 0 atom stereocenters. The van der Waals surface area contributed by atoms with Crippen LogP contribution in [0.1, 0.15) is 34.0 Å². The minimum absolute atomic E-state index is 0.173. The monoisotopic (exact) mass is 531 g/mol. The lowest BCUT2D eigenvalue weighted by atomic mass is 10.1. The lowest BCUT2D eigenvalue weighted by Crippen LogP contribution is -2.34. The average molecular weight is 532 g/mol. The highest BCUT2D eigenvalue weighted by atomic mass is 32.2. The summed E-state index contributed by atoms with van der Waals surface area (Å²) in [6, 6.07) is 19.5. The Labute approximate surface area is 218 Å². The Morgan fingerprint density at radius 3 is 2.19 bits per heavy atom. The van der Waals surface area contributed by atoms with Gasteiger partial charge >= 0.3 is 12.1 Å². The summed E-state index contributed by atoms with van der Waals surface area (Å²) >= 11 is 1.57. The van der Waals surface area contributed by atoms with Crippen LogP contribution in [-0.4, -0.2) is 42.8 Å². The quantitative estimate of drug-likeness (QED) is 0.216. The number of aryl methyl sites for hydroxylation is 1. The molecule has 1 amide bonds. The van der Waals surface area contributed by atoms with Crippen molar-refractivity contribution in [2.24, 2.45) is 0 Å². The first-order valence-electron chi connectivity index (χ1n) is 11.7. The summed E-state index contributed by atoms with van der Waals surface area (Å²) in [6.07, 6.45) is -3.62. The van der Waals surface area contributed by atoms with E-state index in [2.05, 4.69) is 0 Å². The Morgan fingerprint density at radius 1 is 0.919 bits per heavy atom. The summed E-state index contributed by atoms with van der Waals surface area (Å²) in [5.41, 5.74) is 1.52. The van der Waals surface area contributed by atoms with Gasteiger partial charge in [0, 0.05) is 23.7 Å². The summed E-state index contributed by atoms with van der Waals surface area (Å²) in [5.74, 6) is 0.695. The normalized spacial score (nSPS) is 11.2. The molecule has 0 heterocycles. The van der Waals surface area contributed by atoms with E-state index in [1.54, 1.807) is 43.0 Å². The Balaban J connectivity index is 1.47. The van der Waals surface area contributed by atoms with Crippen LogP contribution in [0.15, 0.2) is 77.7 Å². The number of hydrogen-bond donors (Lipinski definition) is 0. The van der Waals surface area contributed by atoms with Gasteiger partial charge in [-0.1, -0.05) is 36.4 Å². The number of hydrogen-bond acceptors (Lipinski definition) is 5. The molecule has 9 heteroatoms. The second kappa shape index (κ2) is 13.2. The fraction of sp³-hybridized carbons (Fsp3) is 0.286. The molecule has 0 unspecified atom stereocenters. The van der Waals surface area contributed by atoms with E-state index in [1.807, 2.05) is 24.3 Å². The number of halogens is 3. The van der Waals surface area contributed by atoms with Crippen molar-refractivity contribution in [1.29, 1.82) is 0 Å². The van der Waals surface area contributed by atoms with Crippen LogP contribution in [0.2, 0.25) is 0 Å². The predicted molar refractivity (Wildman–Crippen MR) is 137 cm³/mol. The fourth-order valence-electron chi connectivity index (χ4n) is 3.53. The molecule has 196 valence electrons. The minimum Gasteiger partial charge on any atom is -0.484 e. The SMILES string of the molecule is CCN(Cc1ccc(C(F)(F)F)cc1)C(=O)COc1ccc(CCSc2ccccc2C(=O)OC)cc1. The molecule has 0 fully saturated rings. The van der Waals surface area contributed by atoms with Gasteiger partial charge in [-0.25, -0.2) is 4.79 Å². The molecule has 0 aliphatic heterocycles. The van der Waals surface area contributed by atoms with Crippen LogP contribution in [0.3, 0.4) is 0 Å². The molecule has 0 spiro atoms. The first-order valence-corrected chi connectivity index (χ1v) is 12.7. The van der Waals surface area contributed by atoms with Gasteiger partial charge in [0.25, 0.3) is 5.91 Å². The number of thioether (sulfide) groups is 1. The maximum Gasteiger partial charge on any atom is 0.416 e. The topological polar surface area (TPSA) is 55.8 Å². The number of nitrogens with zero attached hydrogens (tertiary/aromatic N) is 1. The van der Waals surface area contributed by atoms with E-state index in [1.165, 1.54) is 24.1 Å². The first-order chi connectivity index (χ1) is 17.7. The van der Waals surface area contributed by atoms with Gasteiger partial charge in [0.2, 0.25) is 0 Å². The van der Waals surface area contributed by atoms with E-state index in [0.717, 1.165) is 34.8 Å². The lowest BCUT2D eigenvalue weighted by molar-refractivity contribution is -0.137. The first kappa shape index (κ1) is 28.1. The van der Waals surface area contributed by atoms with Crippen molar-refractivity contribution in [2.45, 2.75) is 31.0 Å². The molecular weight excluding hydrogens is 503 g/mol. The van der Waals surface area contributed by atoms with Gasteiger partial charge < -0.3 is 14.4 Å². The van der Waals surface area contributed by atoms with Gasteiger partial charge in [0.05, 0.1) is 18.2 Å². The van der Waals surface area contributed by atoms with Gasteiger partial charge in [0.15, 0.2) is 6.61 Å². The number of likely N-dealkylation sites (N-methyl/N-ethyl adjacent to an activating group) is 1. The van der Waals surface area contributed by atoms with E-state index in [0.29, 0.717) is 23.4 Å². The zero-order chi connectivity index (χ0) is 26.8. The molecule has 0 radical (unpaired) electrons. The number of alkyl halides is 3. The van der Waals surface area contributed by atoms with E-state index in [4.69, 9.17) is 9.47 Å². The molecule has 3 aromatic rings. The number of ether oxygens (including phenoxy) is 2. The van der Waals surface area contributed by atoms with E-state index in [-0.39, 0.29) is 25.0 Å². The van der Waals surface area contributed by atoms with Crippen molar-refractivity contribution in [3.8, 4) is 5.75 Å². The zero-order valence-corrected chi connectivity index (χ0v) is 21.4. The van der Waals surface area contributed by atoms with Crippen LogP contribution in [0.25, 0.3) is 0 Å². The molecule has 0 aliphatic rings. The Bertz CT molecular complexity index is 1180. The van der Waals surface area contributed by atoms with Crippen molar-refractivity contribution < 1.29 is 32.2 Å². The standard InChI is InChI=1S/C28H28F3NO4S/c1-3-32(18-21-8-12-22(13-9-21)28(29,30)31)26(33)19-36-23-14-10-20(11-15-23)16-17-37-25-7-5-4-6-24(25)27(34)35-2/h4-15H,3,16-19H2,1-2H3. The predicted octanol–water partition coefficient (Wildman–Crippen LogP) is 6.25. The second-order valence-corrected chi connectivity index (χ2v) is 9.26. The van der Waals surface area contributed by atoms with Gasteiger partial charge in [-0.05, 0) is 60.9 Å². The molecule has 37 heavy (non-hydrogen) atoms. The third-order valence-corrected chi connectivity index (χ3v) is 6.69. The summed E-state index contributed by atoms with van der Waals surface area (Å²) in [5, 5.41) is 0. The average Bonchev–Trinajstić information content (AvgIpc) is 2.90. The number of esters is 1. The third-order valence-electron chi connectivity index (χ3n) is 5.62. The van der Waals surface area contributed by atoms with Gasteiger partial charge in [-0.15, -0.1) is 11.8 Å². The van der Waals surface area contributed by atoms with Gasteiger partial charge in [0.1, 0.15) is 5.75 Å². The molecule has 3 aromatic carbocycles. The van der Waals surface area contributed by atoms with Crippen LogP contribution in [0, 0.1) is 0 Å². The molecule has 0 bridgehead atoms. The number of benzene rings is 3. The highest BCUT2D eigenvalue weighted by Gasteiger charge is 2.30. The van der Waals surface area contributed by atoms with E-state index < -0.39 is 11.7 Å². The van der Waals surface area contributed by atoms with E-state index >= 15 is 0 Å². The van der Waals surface area contributed by atoms with Crippen molar-refractivity contribution in [3.05, 3.63) is 95.1 Å². The summed E-state index contributed by atoms with van der Waals surface area (Å²) in [7, 11) is 1.36. The number of amides is 1. The molecule has 0 saturated heterocycles. The van der Waals surface area contributed by atoms with Crippen molar-refractivity contribution in [3.63, 3.8) is 0 Å². The molecule has 0 aliphatic carbocycles. The maximum atomic E-state index is 12.8. The van der Waals surface area contributed by atoms with Crippen LogP contribution in [-0.2, 0) is 28.7 Å². The maximum absolute atomic E-state index is 12.8. The number of methoxy groups -OCH3 is 1. The summed E-state index contributed by atoms with van der Waals surface area (Å²) in [4.78, 5) is 26.9. The molecular formula is C28H28F3NO4S.